The summed E-state index contributed by atoms with van der Waals surface area (Å²) in [4.78, 5) is 24.5. The summed E-state index contributed by atoms with van der Waals surface area (Å²) in [5.41, 5.74) is 0.908. The second-order valence-corrected chi connectivity index (χ2v) is 5.14. The molecule has 1 saturated heterocycles. The maximum absolute atomic E-state index is 12.3. The highest BCUT2D eigenvalue weighted by atomic mass is 16.5. The van der Waals surface area contributed by atoms with Gasteiger partial charge in [-0.15, -0.1) is 0 Å². The number of carbonyl (C=O) groups is 1. The molecular formula is C14H22N4O2. The minimum absolute atomic E-state index is 0.111. The van der Waals surface area contributed by atoms with E-state index in [9.17, 15) is 4.79 Å². The average molecular weight is 278 g/mol. The highest BCUT2D eigenvalue weighted by molar-refractivity contribution is 5.78. The molecule has 1 atom stereocenters. The van der Waals surface area contributed by atoms with Gasteiger partial charge in [0.15, 0.2) is 0 Å². The normalized spacial score (nSPS) is 17.7. The highest BCUT2D eigenvalue weighted by Crippen LogP contribution is 2.06. The van der Waals surface area contributed by atoms with Crippen molar-refractivity contribution in [2.75, 3.05) is 39.9 Å². The summed E-state index contributed by atoms with van der Waals surface area (Å²) in [5.74, 6) is 0.142. The van der Waals surface area contributed by atoms with Gasteiger partial charge in [-0.1, -0.05) is 0 Å². The van der Waals surface area contributed by atoms with Gasteiger partial charge in [-0.2, -0.15) is 0 Å². The smallest absolute Gasteiger partial charge is 0.236 e. The molecule has 1 fully saturated rings. The molecular weight excluding hydrogens is 256 g/mol. The first-order chi connectivity index (χ1) is 9.66. The van der Waals surface area contributed by atoms with Crippen molar-refractivity contribution in [2.45, 2.75) is 19.4 Å². The predicted molar refractivity (Wildman–Crippen MR) is 75.2 cm³/mol. The van der Waals surface area contributed by atoms with Crippen LogP contribution < -0.4 is 0 Å². The van der Waals surface area contributed by atoms with Crippen LogP contribution in [0.15, 0.2) is 18.6 Å². The number of ether oxygens (including phenoxy) is 1. The zero-order chi connectivity index (χ0) is 14.4. The van der Waals surface area contributed by atoms with Crippen molar-refractivity contribution in [1.82, 2.24) is 19.8 Å². The summed E-state index contributed by atoms with van der Waals surface area (Å²) in [6.07, 6.45) is 5.80. The van der Waals surface area contributed by atoms with E-state index in [0.29, 0.717) is 19.8 Å². The lowest BCUT2D eigenvalue weighted by molar-refractivity contribution is -0.133. The third-order valence-corrected chi connectivity index (χ3v) is 3.64. The third-order valence-electron chi connectivity index (χ3n) is 3.64. The fourth-order valence-electron chi connectivity index (χ4n) is 2.18. The Balaban J connectivity index is 1.82. The molecule has 2 heterocycles. The van der Waals surface area contributed by atoms with Crippen molar-refractivity contribution < 1.29 is 9.53 Å². The number of carbonyl (C=O) groups excluding carboxylic acids is 1. The van der Waals surface area contributed by atoms with Crippen LogP contribution in [0.4, 0.5) is 0 Å². The van der Waals surface area contributed by atoms with E-state index in [1.807, 2.05) is 14.0 Å². The van der Waals surface area contributed by atoms with Crippen LogP contribution in [-0.4, -0.2) is 71.6 Å². The second kappa shape index (κ2) is 7.31. The molecule has 0 unspecified atom stereocenters. The number of likely N-dealkylation sites (N-methyl/N-ethyl adjacent to an activating group) is 1. The Morgan fingerprint density at radius 2 is 2.20 bits per heavy atom. The number of amides is 1. The number of morpholine rings is 1. The first kappa shape index (κ1) is 14.9. The number of hydrogen-bond donors (Lipinski definition) is 0. The lowest BCUT2D eigenvalue weighted by atomic mass is 10.1. The van der Waals surface area contributed by atoms with Gasteiger partial charge in [-0.3, -0.25) is 19.7 Å². The topological polar surface area (TPSA) is 58.6 Å². The van der Waals surface area contributed by atoms with E-state index in [1.165, 1.54) is 0 Å². The summed E-state index contributed by atoms with van der Waals surface area (Å²) in [7, 11) is 1.85. The molecule has 1 amide bonds. The molecule has 1 aromatic rings. The van der Waals surface area contributed by atoms with E-state index >= 15 is 0 Å². The molecule has 0 aromatic carbocycles. The summed E-state index contributed by atoms with van der Waals surface area (Å²) in [6.45, 7) is 5.59. The van der Waals surface area contributed by atoms with Crippen molar-refractivity contribution in [3.05, 3.63) is 24.3 Å². The zero-order valence-electron chi connectivity index (χ0n) is 12.2. The molecule has 6 heteroatoms. The van der Waals surface area contributed by atoms with Gasteiger partial charge in [-0.05, 0) is 6.92 Å². The van der Waals surface area contributed by atoms with Crippen molar-refractivity contribution >= 4 is 5.91 Å². The summed E-state index contributed by atoms with van der Waals surface area (Å²) >= 11 is 0. The van der Waals surface area contributed by atoms with Gasteiger partial charge in [-0.25, -0.2) is 0 Å². The maximum Gasteiger partial charge on any atom is 0.236 e. The number of aromatic nitrogens is 2. The van der Waals surface area contributed by atoms with E-state index < -0.39 is 0 Å². The third kappa shape index (κ3) is 4.25. The van der Waals surface area contributed by atoms with Crippen LogP contribution in [0.1, 0.15) is 12.6 Å². The van der Waals surface area contributed by atoms with Gasteiger partial charge in [0.1, 0.15) is 0 Å². The molecule has 20 heavy (non-hydrogen) atoms. The van der Waals surface area contributed by atoms with E-state index in [2.05, 4.69) is 14.9 Å². The Bertz CT molecular complexity index is 420. The van der Waals surface area contributed by atoms with E-state index in [-0.39, 0.29) is 11.9 Å². The molecule has 0 N–H and O–H groups in total. The fourth-order valence-corrected chi connectivity index (χ4v) is 2.18. The van der Waals surface area contributed by atoms with Gasteiger partial charge in [0, 0.05) is 51.2 Å². The first-order valence-corrected chi connectivity index (χ1v) is 6.97. The minimum Gasteiger partial charge on any atom is -0.379 e. The Labute approximate surface area is 119 Å². The Kier molecular flexibility index (Phi) is 5.43. The lowest BCUT2D eigenvalue weighted by Gasteiger charge is -2.30. The van der Waals surface area contributed by atoms with Crippen LogP contribution in [0.3, 0.4) is 0 Å². The monoisotopic (exact) mass is 278 g/mol. The molecule has 0 spiro atoms. The second-order valence-electron chi connectivity index (χ2n) is 5.14. The van der Waals surface area contributed by atoms with Gasteiger partial charge in [0.05, 0.1) is 25.5 Å². The molecule has 6 nitrogen and oxygen atoms in total. The molecule has 1 aliphatic rings. The van der Waals surface area contributed by atoms with Crippen LogP contribution in [0, 0.1) is 0 Å². The molecule has 2 rings (SSSR count). The van der Waals surface area contributed by atoms with Crippen LogP contribution in [0.25, 0.3) is 0 Å². The number of rotatable bonds is 5. The Morgan fingerprint density at radius 1 is 1.45 bits per heavy atom. The number of nitrogens with zero attached hydrogens (tertiary/aromatic N) is 4. The van der Waals surface area contributed by atoms with Crippen LogP contribution in [-0.2, 0) is 16.0 Å². The van der Waals surface area contributed by atoms with Gasteiger partial charge in [0.2, 0.25) is 5.91 Å². The largest absolute Gasteiger partial charge is 0.379 e. The zero-order valence-corrected chi connectivity index (χ0v) is 12.2. The van der Waals surface area contributed by atoms with Crippen LogP contribution >= 0.6 is 0 Å². The van der Waals surface area contributed by atoms with Crippen molar-refractivity contribution in [3.63, 3.8) is 0 Å². The van der Waals surface area contributed by atoms with Gasteiger partial charge < -0.3 is 9.64 Å². The lowest BCUT2D eigenvalue weighted by Crippen LogP contribution is -2.46. The molecule has 0 radical (unpaired) electrons. The van der Waals surface area contributed by atoms with Gasteiger partial charge >= 0.3 is 0 Å². The van der Waals surface area contributed by atoms with E-state index in [1.54, 1.807) is 23.5 Å². The quantitative estimate of drug-likeness (QED) is 0.770. The van der Waals surface area contributed by atoms with E-state index in [4.69, 9.17) is 4.74 Å². The standard InChI is InChI=1S/C14H22N4O2/c1-12(9-13-10-15-3-4-16-13)17(2)14(19)11-18-5-7-20-8-6-18/h3-4,10,12H,5-9,11H2,1-2H3/t12-/m0/s1. The summed E-state index contributed by atoms with van der Waals surface area (Å²) in [6, 6.07) is 0.111. The fraction of sp³-hybridized carbons (Fsp3) is 0.643. The Hall–Kier alpha value is -1.53. The Morgan fingerprint density at radius 3 is 2.85 bits per heavy atom. The SMILES string of the molecule is C[C@@H](Cc1cnccn1)N(C)C(=O)CN1CCOCC1. The molecule has 0 saturated carbocycles. The molecule has 110 valence electrons. The van der Waals surface area contributed by atoms with Crippen LogP contribution in [0.5, 0.6) is 0 Å². The van der Waals surface area contributed by atoms with Crippen molar-refractivity contribution in [2.24, 2.45) is 0 Å². The molecule has 1 aromatic heterocycles. The highest BCUT2D eigenvalue weighted by Gasteiger charge is 2.20. The molecule has 0 aliphatic carbocycles. The van der Waals surface area contributed by atoms with Crippen LogP contribution in [0.2, 0.25) is 0 Å². The van der Waals surface area contributed by atoms with Gasteiger partial charge in [0.25, 0.3) is 0 Å². The first-order valence-electron chi connectivity index (χ1n) is 6.97. The average Bonchev–Trinajstić information content (AvgIpc) is 2.48. The summed E-state index contributed by atoms with van der Waals surface area (Å²) < 4.78 is 5.29. The molecule has 0 bridgehead atoms. The maximum atomic E-state index is 12.3. The number of hydrogen-bond acceptors (Lipinski definition) is 5. The van der Waals surface area contributed by atoms with E-state index in [0.717, 1.165) is 25.2 Å². The minimum atomic E-state index is 0.111. The van der Waals surface area contributed by atoms with Crippen molar-refractivity contribution in [3.8, 4) is 0 Å². The predicted octanol–water partition coefficient (Wildman–Crippen LogP) is 0.198. The van der Waals surface area contributed by atoms with Crippen molar-refractivity contribution in [1.29, 1.82) is 0 Å². The summed E-state index contributed by atoms with van der Waals surface area (Å²) in [5, 5.41) is 0. The molecule has 1 aliphatic heterocycles.